The topological polar surface area (TPSA) is 85.2 Å². The van der Waals surface area contributed by atoms with Gasteiger partial charge in [-0.25, -0.2) is 18.1 Å². The van der Waals surface area contributed by atoms with Gasteiger partial charge in [-0.15, -0.1) is 0 Å². The van der Waals surface area contributed by atoms with E-state index >= 15 is 0 Å². The van der Waals surface area contributed by atoms with E-state index in [4.69, 9.17) is 0 Å². The monoisotopic (exact) mass is 384 g/mol. The Kier molecular flexibility index (Phi) is 4.43. The number of benzene rings is 1. The second-order valence-corrected chi connectivity index (χ2v) is 9.13. The summed E-state index contributed by atoms with van der Waals surface area (Å²) < 4.78 is 25.1. The molecule has 0 bridgehead atoms. The van der Waals surface area contributed by atoms with Gasteiger partial charge in [-0.05, 0) is 18.1 Å². The van der Waals surface area contributed by atoms with Crippen LogP contribution in [-0.2, 0) is 16.4 Å². The zero-order valence-corrected chi connectivity index (χ0v) is 15.8. The fraction of sp³-hybridized carbons (Fsp3) is 0.316. The number of pyridine rings is 1. The molecule has 1 amide bonds. The second-order valence-electron chi connectivity index (χ2n) is 6.90. The molecule has 4 rings (SSSR count). The van der Waals surface area contributed by atoms with E-state index in [-0.39, 0.29) is 23.5 Å². The first-order valence-corrected chi connectivity index (χ1v) is 10.6. The van der Waals surface area contributed by atoms with E-state index in [0.717, 1.165) is 10.9 Å². The first kappa shape index (κ1) is 17.7. The summed E-state index contributed by atoms with van der Waals surface area (Å²) in [6.45, 7) is 0.602. The quantitative estimate of drug-likeness (QED) is 0.684. The van der Waals surface area contributed by atoms with Gasteiger partial charge in [-0.3, -0.25) is 4.79 Å². The number of hydrogen-bond acceptors (Lipinski definition) is 5. The summed E-state index contributed by atoms with van der Waals surface area (Å²) in [7, 11) is -1.39. The zero-order valence-electron chi connectivity index (χ0n) is 14.9. The molecule has 0 radical (unpaired) electrons. The van der Waals surface area contributed by atoms with Crippen molar-refractivity contribution >= 4 is 26.8 Å². The first-order chi connectivity index (χ1) is 12.9. The molecule has 0 spiro atoms. The molecule has 8 heteroatoms. The highest BCUT2D eigenvalue weighted by Gasteiger charge is 2.33. The normalized spacial score (nSPS) is 18.6. The Balaban J connectivity index is 1.56. The summed E-state index contributed by atoms with van der Waals surface area (Å²) in [4.78, 5) is 18.7. The Morgan fingerprint density at radius 3 is 2.74 bits per heavy atom. The molecule has 1 aromatic carbocycles. The maximum atomic E-state index is 12.7. The lowest BCUT2D eigenvalue weighted by atomic mass is 10.1. The second kappa shape index (κ2) is 6.77. The molecule has 3 heterocycles. The maximum Gasteiger partial charge on any atom is 0.255 e. The van der Waals surface area contributed by atoms with Crippen molar-refractivity contribution in [1.29, 1.82) is 0 Å². The number of fused-ring (bicyclic) bond motifs is 1. The average Bonchev–Trinajstić information content (AvgIpc) is 3.24. The van der Waals surface area contributed by atoms with Crippen LogP contribution in [0, 0.1) is 0 Å². The number of rotatable bonds is 4. The number of nitrogens with zero attached hydrogens (tertiary/aromatic N) is 4. The number of aromatic nitrogens is 3. The van der Waals surface area contributed by atoms with Crippen molar-refractivity contribution in [2.75, 3.05) is 18.6 Å². The van der Waals surface area contributed by atoms with Crippen molar-refractivity contribution in [2.45, 2.75) is 19.0 Å². The van der Waals surface area contributed by atoms with E-state index < -0.39 is 9.84 Å². The largest absolute Gasteiger partial charge is 0.338 e. The molecule has 27 heavy (non-hydrogen) atoms. The molecule has 1 aliphatic heterocycles. The molecular formula is C19H20N4O3S. The highest BCUT2D eigenvalue weighted by atomic mass is 32.2. The fourth-order valence-electron chi connectivity index (χ4n) is 3.41. The SMILES string of the molecule is CN(C(=O)c1cnc2c(cnn2Cc2ccccc2)c1)[C@H]1CCS(=O)(=O)C1. The van der Waals surface area contributed by atoms with E-state index in [9.17, 15) is 13.2 Å². The van der Waals surface area contributed by atoms with Gasteiger partial charge in [-0.1, -0.05) is 30.3 Å². The Labute approximate surface area is 157 Å². The van der Waals surface area contributed by atoms with Crippen molar-refractivity contribution in [3.05, 3.63) is 59.9 Å². The molecule has 140 valence electrons. The Morgan fingerprint density at radius 1 is 1.26 bits per heavy atom. The molecule has 0 aliphatic carbocycles. The van der Waals surface area contributed by atoms with Gasteiger partial charge in [0.05, 0.1) is 29.8 Å². The molecule has 7 nitrogen and oxygen atoms in total. The third-order valence-electron chi connectivity index (χ3n) is 4.97. The molecular weight excluding hydrogens is 364 g/mol. The Bertz CT molecular complexity index is 1090. The third kappa shape index (κ3) is 3.57. The van der Waals surface area contributed by atoms with E-state index in [1.807, 2.05) is 30.3 Å². The van der Waals surface area contributed by atoms with Crippen LogP contribution in [-0.4, -0.2) is 58.6 Å². The van der Waals surface area contributed by atoms with Gasteiger partial charge in [0.15, 0.2) is 15.5 Å². The van der Waals surface area contributed by atoms with Crippen LogP contribution in [0.5, 0.6) is 0 Å². The number of carbonyl (C=O) groups is 1. The summed E-state index contributed by atoms with van der Waals surface area (Å²) in [6.07, 6.45) is 3.71. The van der Waals surface area contributed by atoms with Gasteiger partial charge >= 0.3 is 0 Å². The summed E-state index contributed by atoms with van der Waals surface area (Å²) in [5.74, 6) is -0.0547. The third-order valence-corrected chi connectivity index (χ3v) is 6.72. The van der Waals surface area contributed by atoms with E-state index in [2.05, 4.69) is 10.1 Å². The molecule has 3 aromatic rings. The van der Waals surface area contributed by atoms with Gasteiger partial charge < -0.3 is 4.90 Å². The average molecular weight is 384 g/mol. The van der Waals surface area contributed by atoms with Crippen LogP contribution in [0.25, 0.3) is 11.0 Å². The van der Waals surface area contributed by atoms with Crippen LogP contribution in [0.3, 0.4) is 0 Å². The Hall–Kier alpha value is -2.74. The van der Waals surface area contributed by atoms with Crippen LogP contribution < -0.4 is 0 Å². The van der Waals surface area contributed by atoms with Crippen molar-refractivity contribution in [2.24, 2.45) is 0 Å². The molecule has 0 unspecified atom stereocenters. The van der Waals surface area contributed by atoms with Gasteiger partial charge in [0, 0.05) is 24.7 Å². The molecule has 1 aliphatic rings. The predicted octanol–water partition coefficient (Wildman–Crippen LogP) is 1.74. The lowest BCUT2D eigenvalue weighted by Crippen LogP contribution is -2.37. The zero-order chi connectivity index (χ0) is 19.0. The van der Waals surface area contributed by atoms with Gasteiger partial charge in [0.25, 0.3) is 5.91 Å². The minimum Gasteiger partial charge on any atom is -0.338 e. The summed E-state index contributed by atoms with van der Waals surface area (Å²) in [5, 5.41) is 5.16. The fourth-order valence-corrected chi connectivity index (χ4v) is 5.19. The first-order valence-electron chi connectivity index (χ1n) is 8.76. The Morgan fingerprint density at radius 2 is 2.04 bits per heavy atom. The van der Waals surface area contributed by atoms with Crippen LogP contribution in [0.15, 0.2) is 48.8 Å². The number of amides is 1. The smallest absolute Gasteiger partial charge is 0.255 e. The van der Waals surface area contributed by atoms with E-state index in [0.29, 0.717) is 24.2 Å². The van der Waals surface area contributed by atoms with Crippen LogP contribution in [0.2, 0.25) is 0 Å². The van der Waals surface area contributed by atoms with Crippen LogP contribution in [0.4, 0.5) is 0 Å². The van der Waals surface area contributed by atoms with Gasteiger partial charge in [-0.2, -0.15) is 5.10 Å². The summed E-state index contributed by atoms with van der Waals surface area (Å²) >= 11 is 0. The molecule has 1 atom stereocenters. The van der Waals surface area contributed by atoms with E-state index in [1.165, 1.54) is 11.1 Å². The number of hydrogen-bond donors (Lipinski definition) is 0. The minimum absolute atomic E-state index is 0.0277. The van der Waals surface area contributed by atoms with Crippen molar-refractivity contribution in [1.82, 2.24) is 19.7 Å². The molecule has 0 saturated carbocycles. The molecule has 1 fully saturated rings. The highest BCUT2D eigenvalue weighted by molar-refractivity contribution is 7.91. The summed E-state index contributed by atoms with van der Waals surface area (Å²) in [6, 6.07) is 11.5. The van der Waals surface area contributed by atoms with Crippen molar-refractivity contribution < 1.29 is 13.2 Å². The standard InChI is InChI=1S/C19H20N4O3S/c1-22(17-7-8-27(25,26)13-17)19(24)16-9-15-11-21-23(18(15)20-10-16)12-14-5-3-2-4-6-14/h2-6,9-11,17H,7-8,12-13H2,1H3/t17-/m0/s1. The van der Waals surface area contributed by atoms with Gasteiger partial charge in [0.1, 0.15) is 0 Å². The lowest BCUT2D eigenvalue weighted by Gasteiger charge is -2.23. The predicted molar refractivity (Wildman–Crippen MR) is 102 cm³/mol. The maximum absolute atomic E-state index is 12.7. The number of carbonyl (C=O) groups excluding carboxylic acids is 1. The van der Waals surface area contributed by atoms with Crippen molar-refractivity contribution in [3.63, 3.8) is 0 Å². The molecule has 0 N–H and O–H groups in total. The van der Waals surface area contributed by atoms with Crippen LogP contribution >= 0.6 is 0 Å². The van der Waals surface area contributed by atoms with Gasteiger partial charge in [0.2, 0.25) is 0 Å². The molecule has 1 saturated heterocycles. The lowest BCUT2D eigenvalue weighted by molar-refractivity contribution is 0.0747. The highest BCUT2D eigenvalue weighted by Crippen LogP contribution is 2.20. The summed E-state index contributed by atoms with van der Waals surface area (Å²) in [5.41, 5.74) is 2.27. The number of sulfone groups is 1. The molecule has 2 aromatic heterocycles. The van der Waals surface area contributed by atoms with Crippen LogP contribution in [0.1, 0.15) is 22.3 Å². The van der Waals surface area contributed by atoms with E-state index in [1.54, 1.807) is 24.0 Å². The van der Waals surface area contributed by atoms with Crippen molar-refractivity contribution in [3.8, 4) is 0 Å². The minimum atomic E-state index is -3.04.